The van der Waals surface area contributed by atoms with E-state index in [0.29, 0.717) is 11.3 Å². The van der Waals surface area contributed by atoms with Crippen LogP contribution in [-0.2, 0) is 0 Å². The van der Waals surface area contributed by atoms with Gasteiger partial charge in [-0.05, 0) is 36.8 Å². The molecule has 3 nitrogen and oxygen atoms in total. The van der Waals surface area contributed by atoms with E-state index in [-0.39, 0.29) is 10.7 Å². The first-order valence-electron chi connectivity index (χ1n) is 5.25. The summed E-state index contributed by atoms with van der Waals surface area (Å²) in [4.78, 5) is 15.6. The molecule has 0 spiro atoms. The molecule has 2 aromatic rings. The van der Waals surface area contributed by atoms with Crippen molar-refractivity contribution >= 4 is 23.2 Å². The van der Waals surface area contributed by atoms with Crippen LogP contribution < -0.4 is 5.32 Å². The lowest BCUT2D eigenvalue weighted by Crippen LogP contribution is -2.12. The number of halogens is 2. The smallest absolute Gasteiger partial charge is 0.255 e. The first-order valence-corrected chi connectivity index (χ1v) is 5.63. The number of pyridine rings is 1. The molecule has 1 N–H and O–H groups in total. The maximum absolute atomic E-state index is 13.3. The molecule has 0 aliphatic rings. The molecule has 1 heterocycles. The number of hydrogen-bond acceptors (Lipinski definition) is 2. The molecule has 1 aromatic heterocycles. The molecular formula is C13H10ClFN2O. The first kappa shape index (κ1) is 12.5. The minimum atomic E-state index is -0.407. The van der Waals surface area contributed by atoms with Gasteiger partial charge in [0.25, 0.3) is 5.91 Å². The van der Waals surface area contributed by atoms with E-state index >= 15 is 0 Å². The van der Waals surface area contributed by atoms with Crippen LogP contribution in [0.15, 0.2) is 36.5 Å². The molecule has 0 aliphatic carbocycles. The van der Waals surface area contributed by atoms with Gasteiger partial charge in [0, 0.05) is 17.4 Å². The van der Waals surface area contributed by atoms with Gasteiger partial charge in [0.05, 0.1) is 0 Å². The highest BCUT2D eigenvalue weighted by atomic mass is 35.5. The van der Waals surface area contributed by atoms with Crippen LogP contribution in [0.2, 0.25) is 5.15 Å². The van der Waals surface area contributed by atoms with Crippen LogP contribution in [0.3, 0.4) is 0 Å². The molecule has 0 radical (unpaired) electrons. The molecule has 5 heteroatoms. The quantitative estimate of drug-likeness (QED) is 0.845. The van der Waals surface area contributed by atoms with Gasteiger partial charge in [0.2, 0.25) is 0 Å². The van der Waals surface area contributed by atoms with Crippen molar-refractivity contribution in [2.24, 2.45) is 0 Å². The molecule has 92 valence electrons. The SMILES string of the molecule is Cc1ccc(C(=O)Nc2ccnc(Cl)c2)cc1F. The molecule has 0 aliphatic heterocycles. The van der Waals surface area contributed by atoms with Crippen LogP contribution in [0, 0.1) is 12.7 Å². The number of amides is 1. The van der Waals surface area contributed by atoms with Gasteiger partial charge in [-0.3, -0.25) is 4.79 Å². The van der Waals surface area contributed by atoms with E-state index in [1.165, 1.54) is 18.3 Å². The van der Waals surface area contributed by atoms with Crippen LogP contribution in [0.4, 0.5) is 10.1 Å². The predicted molar refractivity (Wildman–Crippen MR) is 68.3 cm³/mol. The molecule has 2 rings (SSSR count). The lowest BCUT2D eigenvalue weighted by molar-refractivity contribution is 0.102. The maximum atomic E-state index is 13.3. The second-order valence-corrected chi connectivity index (χ2v) is 4.17. The molecule has 0 fully saturated rings. The van der Waals surface area contributed by atoms with Gasteiger partial charge < -0.3 is 5.32 Å². The number of anilines is 1. The first-order chi connectivity index (χ1) is 8.56. The molecule has 0 atom stereocenters. The summed E-state index contributed by atoms with van der Waals surface area (Å²) in [6.07, 6.45) is 1.48. The van der Waals surface area contributed by atoms with Crippen LogP contribution in [0.25, 0.3) is 0 Å². The van der Waals surface area contributed by atoms with E-state index in [4.69, 9.17) is 11.6 Å². The van der Waals surface area contributed by atoms with Gasteiger partial charge in [-0.15, -0.1) is 0 Å². The number of rotatable bonds is 2. The Morgan fingerprint density at radius 3 is 2.78 bits per heavy atom. The third-order valence-corrected chi connectivity index (χ3v) is 2.63. The van der Waals surface area contributed by atoms with Gasteiger partial charge in [-0.1, -0.05) is 17.7 Å². The molecule has 0 bridgehead atoms. The third kappa shape index (κ3) is 2.84. The topological polar surface area (TPSA) is 42.0 Å². The van der Waals surface area contributed by atoms with Crippen molar-refractivity contribution in [2.75, 3.05) is 5.32 Å². The number of carbonyl (C=O) groups is 1. The molecule has 18 heavy (non-hydrogen) atoms. The summed E-state index contributed by atoms with van der Waals surface area (Å²) < 4.78 is 13.3. The zero-order valence-corrected chi connectivity index (χ0v) is 10.3. The molecule has 0 saturated heterocycles. The number of carbonyl (C=O) groups excluding carboxylic acids is 1. The van der Waals surface area contributed by atoms with Gasteiger partial charge in [-0.2, -0.15) is 0 Å². The predicted octanol–water partition coefficient (Wildman–Crippen LogP) is 3.43. The highest BCUT2D eigenvalue weighted by molar-refractivity contribution is 6.29. The largest absolute Gasteiger partial charge is 0.322 e. The Labute approximate surface area is 109 Å². The van der Waals surface area contributed by atoms with Crippen LogP contribution in [0.5, 0.6) is 0 Å². The van der Waals surface area contributed by atoms with Crippen molar-refractivity contribution in [1.29, 1.82) is 0 Å². The summed E-state index contributed by atoms with van der Waals surface area (Å²) in [7, 11) is 0. The van der Waals surface area contributed by atoms with Gasteiger partial charge in [-0.25, -0.2) is 9.37 Å². The second kappa shape index (κ2) is 5.14. The normalized spacial score (nSPS) is 10.2. The summed E-state index contributed by atoms with van der Waals surface area (Å²) in [5, 5.41) is 2.90. The van der Waals surface area contributed by atoms with Crippen LogP contribution in [0.1, 0.15) is 15.9 Å². The zero-order valence-electron chi connectivity index (χ0n) is 9.58. The van der Waals surface area contributed by atoms with Gasteiger partial charge >= 0.3 is 0 Å². The number of nitrogens with zero attached hydrogens (tertiary/aromatic N) is 1. The maximum Gasteiger partial charge on any atom is 0.255 e. The van der Waals surface area contributed by atoms with Crippen molar-refractivity contribution in [2.45, 2.75) is 6.92 Å². The Kier molecular flexibility index (Phi) is 3.58. The third-order valence-electron chi connectivity index (χ3n) is 2.42. The van der Waals surface area contributed by atoms with Crippen molar-refractivity contribution in [1.82, 2.24) is 4.98 Å². The van der Waals surface area contributed by atoms with Crippen molar-refractivity contribution in [3.8, 4) is 0 Å². The molecular weight excluding hydrogens is 255 g/mol. The second-order valence-electron chi connectivity index (χ2n) is 3.79. The minimum absolute atomic E-state index is 0.256. The average molecular weight is 265 g/mol. The number of aromatic nitrogens is 1. The van der Waals surface area contributed by atoms with Crippen molar-refractivity contribution in [3.05, 3.63) is 58.6 Å². The van der Waals surface area contributed by atoms with Gasteiger partial charge in [0.15, 0.2) is 0 Å². The highest BCUT2D eigenvalue weighted by Crippen LogP contribution is 2.14. The summed E-state index contributed by atoms with van der Waals surface area (Å²) in [6.45, 7) is 1.64. The fourth-order valence-corrected chi connectivity index (χ4v) is 1.59. The Hall–Kier alpha value is -1.94. The number of nitrogens with one attached hydrogen (secondary N) is 1. The molecule has 0 unspecified atom stereocenters. The summed E-state index contributed by atoms with van der Waals surface area (Å²) in [5.41, 5.74) is 1.27. The van der Waals surface area contributed by atoms with E-state index in [0.717, 1.165) is 0 Å². The Balaban J connectivity index is 2.19. The summed E-state index contributed by atoms with van der Waals surface area (Å²) >= 11 is 5.70. The minimum Gasteiger partial charge on any atom is -0.322 e. The van der Waals surface area contributed by atoms with Crippen LogP contribution >= 0.6 is 11.6 Å². The zero-order chi connectivity index (χ0) is 13.1. The standard InChI is InChI=1S/C13H10ClFN2O/c1-8-2-3-9(6-11(8)15)13(18)17-10-4-5-16-12(14)7-10/h2-7H,1H3,(H,16,17,18). The van der Waals surface area contributed by atoms with E-state index in [9.17, 15) is 9.18 Å². The molecule has 1 aromatic carbocycles. The monoisotopic (exact) mass is 264 g/mol. The Morgan fingerprint density at radius 1 is 1.33 bits per heavy atom. The molecule has 1 amide bonds. The van der Waals surface area contributed by atoms with E-state index in [1.807, 2.05) is 0 Å². The number of aryl methyl sites for hydroxylation is 1. The Bertz CT molecular complexity index is 601. The fourth-order valence-electron chi connectivity index (χ4n) is 1.42. The highest BCUT2D eigenvalue weighted by Gasteiger charge is 2.08. The van der Waals surface area contributed by atoms with E-state index in [1.54, 1.807) is 25.1 Å². The Morgan fingerprint density at radius 2 is 2.11 bits per heavy atom. The van der Waals surface area contributed by atoms with E-state index < -0.39 is 11.7 Å². The number of benzene rings is 1. The van der Waals surface area contributed by atoms with Crippen molar-refractivity contribution < 1.29 is 9.18 Å². The molecule has 0 saturated carbocycles. The lowest BCUT2D eigenvalue weighted by Gasteiger charge is -2.06. The lowest BCUT2D eigenvalue weighted by atomic mass is 10.1. The summed E-state index contributed by atoms with van der Waals surface area (Å²) in [5.74, 6) is -0.799. The van der Waals surface area contributed by atoms with Crippen LogP contribution in [-0.4, -0.2) is 10.9 Å². The summed E-state index contributed by atoms with van der Waals surface area (Å²) in [6, 6.07) is 7.45. The average Bonchev–Trinajstić information content (AvgIpc) is 2.32. The van der Waals surface area contributed by atoms with E-state index in [2.05, 4.69) is 10.3 Å². The van der Waals surface area contributed by atoms with Gasteiger partial charge in [0.1, 0.15) is 11.0 Å². The number of hydrogen-bond donors (Lipinski definition) is 1. The fraction of sp³-hybridized carbons (Fsp3) is 0.0769. The van der Waals surface area contributed by atoms with Crippen molar-refractivity contribution in [3.63, 3.8) is 0 Å².